The molecule has 110 valence electrons. The van der Waals surface area contributed by atoms with Crippen molar-refractivity contribution in [2.24, 2.45) is 5.73 Å². The molecule has 2 N–H and O–H groups in total. The first-order valence-electron chi connectivity index (χ1n) is 6.09. The van der Waals surface area contributed by atoms with Gasteiger partial charge in [-0.2, -0.15) is 4.31 Å². The van der Waals surface area contributed by atoms with Gasteiger partial charge in [-0.15, -0.1) is 0 Å². The summed E-state index contributed by atoms with van der Waals surface area (Å²) in [6.07, 6.45) is 1.19. The molecule has 1 aromatic carbocycles. The molecule has 1 heterocycles. The molecule has 20 heavy (non-hydrogen) atoms. The second-order valence-electron chi connectivity index (χ2n) is 4.65. The predicted octanol–water partition coefficient (Wildman–Crippen LogP) is 0.541. The van der Waals surface area contributed by atoms with E-state index in [4.69, 9.17) is 18.0 Å². The number of hydrogen-bond donors (Lipinski definition) is 1. The van der Waals surface area contributed by atoms with Crippen LogP contribution in [0.5, 0.6) is 0 Å². The van der Waals surface area contributed by atoms with Gasteiger partial charge in [0.1, 0.15) is 10.8 Å². The van der Waals surface area contributed by atoms with Gasteiger partial charge in [0, 0.05) is 31.9 Å². The Morgan fingerprint density at radius 3 is 2.40 bits per heavy atom. The lowest BCUT2D eigenvalue weighted by molar-refractivity contribution is 0.388. The summed E-state index contributed by atoms with van der Waals surface area (Å²) < 4.78 is 38.2. The van der Waals surface area contributed by atoms with E-state index in [1.165, 1.54) is 16.6 Å². The number of hydrogen-bond acceptors (Lipinski definition) is 4. The van der Waals surface area contributed by atoms with Crippen LogP contribution < -0.4 is 10.6 Å². The molecule has 1 aliphatic rings. The van der Waals surface area contributed by atoms with Gasteiger partial charge in [-0.1, -0.05) is 18.3 Å². The third-order valence-corrected chi connectivity index (χ3v) is 4.79. The van der Waals surface area contributed by atoms with E-state index >= 15 is 0 Å². The number of rotatable bonds is 3. The molecule has 0 radical (unpaired) electrons. The average Bonchev–Trinajstić information content (AvgIpc) is 2.37. The van der Waals surface area contributed by atoms with Crippen LogP contribution in [0.25, 0.3) is 0 Å². The molecule has 0 spiro atoms. The number of sulfonamides is 1. The SMILES string of the molecule is CS(=O)(=O)N1CCN(c2cccc(F)c2C(N)=S)CC1. The fourth-order valence-electron chi connectivity index (χ4n) is 2.28. The van der Waals surface area contributed by atoms with Crippen molar-refractivity contribution < 1.29 is 12.8 Å². The van der Waals surface area contributed by atoms with E-state index in [9.17, 15) is 12.8 Å². The zero-order valence-corrected chi connectivity index (χ0v) is 12.7. The Hall–Kier alpha value is -1.25. The Bertz CT molecular complexity index is 626. The van der Waals surface area contributed by atoms with Gasteiger partial charge in [-0.3, -0.25) is 0 Å². The molecule has 1 aromatic rings. The quantitative estimate of drug-likeness (QED) is 0.824. The highest BCUT2D eigenvalue weighted by Crippen LogP contribution is 2.24. The zero-order valence-electron chi connectivity index (χ0n) is 11.0. The van der Waals surface area contributed by atoms with Gasteiger partial charge in [-0.25, -0.2) is 12.8 Å². The lowest BCUT2D eigenvalue weighted by atomic mass is 10.1. The summed E-state index contributed by atoms with van der Waals surface area (Å²) in [5.41, 5.74) is 6.41. The van der Waals surface area contributed by atoms with Crippen molar-refractivity contribution in [2.75, 3.05) is 37.3 Å². The first-order chi connectivity index (χ1) is 9.30. The van der Waals surface area contributed by atoms with Crippen LogP contribution in [-0.4, -0.2) is 50.1 Å². The smallest absolute Gasteiger partial charge is 0.211 e. The number of piperazine rings is 1. The van der Waals surface area contributed by atoms with Crippen LogP contribution in [0, 0.1) is 5.82 Å². The van der Waals surface area contributed by atoms with E-state index in [2.05, 4.69) is 0 Å². The van der Waals surface area contributed by atoms with Crippen LogP contribution in [0.4, 0.5) is 10.1 Å². The van der Waals surface area contributed by atoms with Crippen molar-refractivity contribution in [1.29, 1.82) is 0 Å². The minimum atomic E-state index is -3.18. The maximum absolute atomic E-state index is 13.8. The van der Waals surface area contributed by atoms with Crippen LogP contribution in [0.1, 0.15) is 5.56 Å². The minimum Gasteiger partial charge on any atom is -0.389 e. The number of nitrogens with zero attached hydrogens (tertiary/aromatic N) is 2. The van der Waals surface area contributed by atoms with E-state index in [-0.39, 0.29) is 10.6 Å². The molecule has 0 saturated carbocycles. The van der Waals surface area contributed by atoms with Crippen molar-refractivity contribution in [3.8, 4) is 0 Å². The Kier molecular flexibility index (Phi) is 4.26. The average molecular weight is 317 g/mol. The molecule has 0 aromatic heterocycles. The van der Waals surface area contributed by atoms with Gasteiger partial charge >= 0.3 is 0 Å². The number of nitrogens with two attached hydrogens (primary N) is 1. The molecule has 2 rings (SSSR count). The minimum absolute atomic E-state index is 0.00337. The standard InChI is InChI=1S/C12H16FN3O2S2/c1-20(17,18)16-7-5-15(6-8-16)10-4-2-3-9(13)11(10)12(14)19/h2-4H,5-8H2,1H3,(H2,14,19). The maximum atomic E-state index is 13.8. The number of benzene rings is 1. The van der Waals surface area contributed by atoms with Crippen molar-refractivity contribution >= 4 is 32.9 Å². The fourth-order valence-corrected chi connectivity index (χ4v) is 3.31. The molecule has 0 aliphatic carbocycles. The molecule has 1 aliphatic heterocycles. The Morgan fingerprint density at radius 1 is 1.30 bits per heavy atom. The van der Waals surface area contributed by atoms with E-state index in [1.54, 1.807) is 12.1 Å². The number of thiocarbonyl (C=S) groups is 1. The van der Waals surface area contributed by atoms with E-state index in [1.807, 2.05) is 4.90 Å². The molecule has 1 saturated heterocycles. The highest BCUT2D eigenvalue weighted by Gasteiger charge is 2.25. The molecule has 0 unspecified atom stereocenters. The van der Waals surface area contributed by atoms with Gasteiger partial charge in [0.15, 0.2) is 0 Å². The van der Waals surface area contributed by atoms with Crippen molar-refractivity contribution in [1.82, 2.24) is 4.31 Å². The predicted molar refractivity (Wildman–Crippen MR) is 80.9 cm³/mol. The Morgan fingerprint density at radius 2 is 1.90 bits per heavy atom. The molecule has 0 bridgehead atoms. The van der Waals surface area contributed by atoms with Crippen molar-refractivity contribution in [3.05, 3.63) is 29.6 Å². The van der Waals surface area contributed by atoms with Gasteiger partial charge in [0.05, 0.1) is 11.8 Å². The van der Waals surface area contributed by atoms with E-state index < -0.39 is 15.8 Å². The van der Waals surface area contributed by atoms with E-state index in [0.717, 1.165) is 0 Å². The van der Waals surface area contributed by atoms with Gasteiger partial charge in [0.2, 0.25) is 10.0 Å². The Labute approximate surface area is 123 Å². The van der Waals surface area contributed by atoms with Gasteiger partial charge < -0.3 is 10.6 Å². The van der Waals surface area contributed by atoms with Crippen LogP contribution in [0.15, 0.2) is 18.2 Å². The van der Waals surface area contributed by atoms with Crippen LogP contribution >= 0.6 is 12.2 Å². The normalized spacial score (nSPS) is 17.2. The van der Waals surface area contributed by atoms with Crippen LogP contribution in [-0.2, 0) is 10.0 Å². The third kappa shape index (κ3) is 3.08. The number of anilines is 1. The lowest BCUT2D eigenvalue weighted by Gasteiger charge is -2.35. The van der Waals surface area contributed by atoms with E-state index in [0.29, 0.717) is 31.9 Å². The molecular formula is C12H16FN3O2S2. The first-order valence-corrected chi connectivity index (χ1v) is 8.35. The summed E-state index contributed by atoms with van der Waals surface area (Å²) >= 11 is 4.89. The summed E-state index contributed by atoms with van der Waals surface area (Å²) in [6.45, 7) is 1.69. The maximum Gasteiger partial charge on any atom is 0.211 e. The highest BCUT2D eigenvalue weighted by atomic mass is 32.2. The summed E-state index contributed by atoms with van der Waals surface area (Å²) in [5.74, 6) is -0.458. The van der Waals surface area contributed by atoms with Crippen molar-refractivity contribution in [2.45, 2.75) is 0 Å². The zero-order chi connectivity index (χ0) is 14.9. The summed E-state index contributed by atoms with van der Waals surface area (Å²) in [7, 11) is -3.18. The van der Waals surface area contributed by atoms with Crippen molar-refractivity contribution in [3.63, 3.8) is 0 Å². The number of halogens is 1. The summed E-state index contributed by atoms with van der Waals surface area (Å²) in [6, 6.07) is 4.65. The molecule has 0 atom stereocenters. The van der Waals surface area contributed by atoms with Gasteiger partial charge in [0.25, 0.3) is 0 Å². The second kappa shape index (κ2) is 5.63. The third-order valence-electron chi connectivity index (χ3n) is 3.29. The molecule has 5 nitrogen and oxygen atoms in total. The molecular weight excluding hydrogens is 301 g/mol. The first kappa shape index (κ1) is 15.1. The molecule has 0 amide bonds. The topological polar surface area (TPSA) is 66.6 Å². The largest absolute Gasteiger partial charge is 0.389 e. The summed E-state index contributed by atoms with van der Waals surface area (Å²) in [4.78, 5) is 1.91. The summed E-state index contributed by atoms with van der Waals surface area (Å²) in [5, 5.41) is 0. The lowest BCUT2D eigenvalue weighted by Crippen LogP contribution is -2.48. The van der Waals surface area contributed by atoms with Gasteiger partial charge in [-0.05, 0) is 12.1 Å². The Balaban J connectivity index is 2.24. The van der Waals surface area contributed by atoms with Crippen LogP contribution in [0.3, 0.4) is 0 Å². The fraction of sp³-hybridized carbons (Fsp3) is 0.417. The second-order valence-corrected chi connectivity index (χ2v) is 7.07. The van der Waals surface area contributed by atoms with Crippen LogP contribution in [0.2, 0.25) is 0 Å². The molecule has 8 heteroatoms. The monoisotopic (exact) mass is 317 g/mol. The highest BCUT2D eigenvalue weighted by molar-refractivity contribution is 7.88. The molecule has 1 fully saturated rings.